The number of rotatable bonds is 4. The van der Waals surface area contributed by atoms with Crippen molar-refractivity contribution in [3.8, 4) is 5.75 Å². The Bertz CT molecular complexity index is 580. The number of hydrogen-bond donors (Lipinski definition) is 1. The number of hydrogen-bond acceptors (Lipinski definition) is 3. The van der Waals surface area contributed by atoms with Crippen LogP contribution in [0.5, 0.6) is 5.75 Å². The van der Waals surface area contributed by atoms with Gasteiger partial charge in [0.25, 0.3) is 0 Å². The fourth-order valence-corrected chi connectivity index (χ4v) is 1.87. The van der Waals surface area contributed by atoms with Crippen LogP contribution in [0.25, 0.3) is 0 Å². The van der Waals surface area contributed by atoms with Gasteiger partial charge in [-0.2, -0.15) is 5.10 Å². The quantitative estimate of drug-likeness (QED) is 0.922. The molecule has 6 heteroatoms. The number of aromatic carboxylic acids is 1. The highest BCUT2D eigenvalue weighted by Crippen LogP contribution is 2.23. The number of ether oxygens (including phenoxy) is 1. The first-order valence-corrected chi connectivity index (χ1v) is 5.57. The van der Waals surface area contributed by atoms with Crippen LogP contribution in [-0.4, -0.2) is 28.0 Å². The summed E-state index contributed by atoms with van der Waals surface area (Å²) >= 11 is 5.91. The second kappa shape index (κ2) is 5.10. The van der Waals surface area contributed by atoms with Crippen molar-refractivity contribution in [3.63, 3.8) is 0 Å². The molecule has 0 atom stereocenters. The van der Waals surface area contributed by atoms with E-state index in [0.29, 0.717) is 17.3 Å². The molecule has 1 aromatic heterocycles. The Morgan fingerprint density at radius 1 is 1.50 bits per heavy atom. The highest BCUT2D eigenvalue weighted by molar-refractivity contribution is 6.30. The van der Waals surface area contributed by atoms with Gasteiger partial charge in [-0.25, -0.2) is 4.79 Å². The molecule has 18 heavy (non-hydrogen) atoms. The topological polar surface area (TPSA) is 64.4 Å². The minimum Gasteiger partial charge on any atom is -0.496 e. The summed E-state index contributed by atoms with van der Waals surface area (Å²) in [5.41, 5.74) is 0.897. The number of aromatic nitrogens is 2. The van der Waals surface area contributed by atoms with Crippen LogP contribution in [0.15, 0.2) is 30.5 Å². The van der Waals surface area contributed by atoms with Crippen LogP contribution in [0.2, 0.25) is 5.02 Å². The largest absolute Gasteiger partial charge is 0.496 e. The number of nitrogens with zero attached hydrogens (tertiary/aromatic N) is 2. The van der Waals surface area contributed by atoms with Gasteiger partial charge < -0.3 is 9.84 Å². The van der Waals surface area contributed by atoms with Crippen LogP contribution in [0.4, 0.5) is 0 Å². The van der Waals surface area contributed by atoms with Crippen molar-refractivity contribution >= 4 is 17.6 Å². The van der Waals surface area contributed by atoms with Gasteiger partial charge in [-0.05, 0) is 24.3 Å². The number of benzene rings is 1. The highest BCUT2D eigenvalue weighted by Gasteiger charge is 2.12. The summed E-state index contributed by atoms with van der Waals surface area (Å²) in [6, 6.07) is 6.62. The Morgan fingerprint density at radius 2 is 2.28 bits per heavy atom. The Labute approximate surface area is 109 Å². The maximum atomic E-state index is 11.0. The summed E-state index contributed by atoms with van der Waals surface area (Å²) in [5.74, 6) is -0.375. The van der Waals surface area contributed by atoms with Gasteiger partial charge in [0.1, 0.15) is 11.4 Å². The molecule has 1 N–H and O–H groups in total. The van der Waals surface area contributed by atoms with E-state index in [1.807, 2.05) is 0 Å². The van der Waals surface area contributed by atoms with Crippen molar-refractivity contribution in [1.82, 2.24) is 9.78 Å². The summed E-state index contributed by atoms with van der Waals surface area (Å²) in [5, 5.41) is 13.5. The van der Waals surface area contributed by atoms with Crippen molar-refractivity contribution < 1.29 is 14.6 Å². The Kier molecular flexibility index (Phi) is 3.53. The third-order valence-electron chi connectivity index (χ3n) is 2.50. The molecule has 94 valence electrons. The molecule has 0 unspecified atom stereocenters. The average molecular weight is 267 g/mol. The summed E-state index contributed by atoms with van der Waals surface area (Å²) in [4.78, 5) is 11.0. The second-order valence-corrected chi connectivity index (χ2v) is 4.07. The van der Waals surface area contributed by atoms with E-state index in [4.69, 9.17) is 21.4 Å². The summed E-state index contributed by atoms with van der Waals surface area (Å²) in [6.07, 6.45) is 1.44. The zero-order valence-electron chi connectivity index (χ0n) is 9.63. The molecule has 2 rings (SSSR count). The van der Waals surface area contributed by atoms with Gasteiger partial charge in [0, 0.05) is 16.8 Å². The van der Waals surface area contributed by atoms with Gasteiger partial charge in [-0.3, -0.25) is 4.68 Å². The molecular formula is C12H11ClN2O3. The number of carbonyl (C=O) groups is 1. The van der Waals surface area contributed by atoms with E-state index in [-0.39, 0.29) is 5.69 Å². The fraction of sp³-hybridized carbons (Fsp3) is 0.167. The predicted molar refractivity (Wildman–Crippen MR) is 66.3 cm³/mol. The van der Waals surface area contributed by atoms with Gasteiger partial charge >= 0.3 is 5.97 Å². The lowest BCUT2D eigenvalue weighted by molar-refractivity contribution is 0.0684. The monoisotopic (exact) mass is 266 g/mol. The van der Waals surface area contributed by atoms with Crippen molar-refractivity contribution in [1.29, 1.82) is 0 Å². The van der Waals surface area contributed by atoms with E-state index < -0.39 is 5.97 Å². The third-order valence-corrected chi connectivity index (χ3v) is 2.73. The molecule has 0 fully saturated rings. The Morgan fingerprint density at radius 3 is 2.94 bits per heavy atom. The first kappa shape index (κ1) is 12.4. The minimum absolute atomic E-state index is 0.122. The highest BCUT2D eigenvalue weighted by atomic mass is 35.5. The number of carboxylic acid groups (broad SMARTS) is 1. The van der Waals surface area contributed by atoms with Gasteiger partial charge in [0.2, 0.25) is 0 Å². The average Bonchev–Trinajstić information content (AvgIpc) is 2.77. The fourth-order valence-electron chi connectivity index (χ4n) is 1.67. The first-order chi connectivity index (χ1) is 8.61. The molecule has 0 bridgehead atoms. The van der Waals surface area contributed by atoms with E-state index in [1.165, 1.54) is 16.9 Å². The van der Waals surface area contributed by atoms with Crippen molar-refractivity contribution in [2.24, 2.45) is 0 Å². The molecule has 0 amide bonds. The maximum absolute atomic E-state index is 11.0. The van der Waals surface area contributed by atoms with E-state index in [1.54, 1.807) is 25.3 Å². The number of halogens is 1. The molecule has 5 nitrogen and oxygen atoms in total. The molecule has 1 heterocycles. The standard InChI is InChI=1S/C12H11ClN2O3/c1-18-11-3-2-9(13)6-8(11)7-15-10(12(16)17)4-5-14-15/h2-6H,7H2,1H3,(H,16,17). The van der Waals surface area contributed by atoms with E-state index in [0.717, 1.165) is 5.56 Å². The lowest BCUT2D eigenvalue weighted by atomic mass is 10.2. The number of carboxylic acids is 1. The first-order valence-electron chi connectivity index (χ1n) is 5.19. The zero-order chi connectivity index (χ0) is 13.1. The Balaban J connectivity index is 2.36. The van der Waals surface area contributed by atoms with Gasteiger partial charge in [-0.15, -0.1) is 0 Å². The molecule has 0 saturated carbocycles. The second-order valence-electron chi connectivity index (χ2n) is 3.64. The molecule has 0 aliphatic heterocycles. The van der Waals surface area contributed by atoms with E-state index in [2.05, 4.69) is 5.10 Å². The number of methoxy groups -OCH3 is 1. The molecule has 0 aliphatic rings. The SMILES string of the molecule is COc1ccc(Cl)cc1Cn1nccc1C(=O)O. The van der Waals surface area contributed by atoms with Crippen LogP contribution in [0, 0.1) is 0 Å². The summed E-state index contributed by atoms with van der Waals surface area (Å²) < 4.78 is 6.59. The minimum atomic E-state index is -1.02. The summed E-state index contributed by atoms with van der Waals surface area (Å²) in [6.45, 7) is 0.290. The molecule has 0 spiro atoms. The summed E-state index contributed by atoms with van der Waals surface area (Å²) in [7, 11) is 1.55. The van der Waals surface area contributed by atoms with Crippen molar-refractivity contribution in [3.05, 3.63) is 46.7 Å². The van der Waals surface area contributed by atoms with Crippen LogP contribution in [0.1, 0.15) is 16.1 Å². The predicted octanol–water partition coefficient (Wildman–Crippen LogP) is 2.29. The van der Waals surface area contributed by atoms with Gasteiger partial charge in [-0.1, -0.05) is 11.6 Å². The maximum Gasteiger partial charge on any atom is 0.354 e. The zero-order valence-corrected chi connectivity index (χ0v) is 10.4. The molecule has 0 radical (unpaired) electrons. The Hall–Kier alpha value is -2.01. The van der Waals surface area contributed by atoms with Gasteiger partial charge in [0.15, 0.2) is 0 Å². The van der Waals surface area contributed by atoms with Crippen molar-refractivity contribution in [2.75, 3.05) is 7.11 Å². The molecule has 0 saturated heterocycles. The van der Waals surface area contributed by atoms with E-state index >= 15 is 0 Å². The van der Waals surface area contributed by atoms with Crippen LogP contribution in [0.3, 0.4) is 0 Å². The van der Waals surface area contributed by atoms with Crippen LogP contribution >= 0.6 is 11.6 Å². The lowest BCUT2D eigenvalue weighted by Crippen LogP contribution is -2.11. The lowest BCUT2D eigenvalue weighted by Gasteiger charge is -2.10. The normalized spacial score (nSPS) is 10.3. The molecule has 0 aliphatic carbocycles. The molecule has 2 aromatic rings. The van der Waals surface area contributed by atoms with Crippen LogP contribution < -0.4 is 4.74 Å². The van der Waals surface area contributed by atoms with Crippen molar-refractivity contribution in [2.45, 2.75) is 6.54 Å². The third kappa shape index (κ3) is 2.46. The van der Waals surface area contributed by atoms with Gasteiger partial charge in [0.05, 0.1) is 13.7 Å². The molecule has 1 aromatic carbocycles. The molecular weight excluding hydrogens is 256 g/mol. The van der Waals surface area contributed by atoms with E-state index in [9.17, 15) is 4.79 Å². The van der Waals surface area contributed by atoms with Crippen LogP contribution in [-0.2, 0) is 6.54 Å². The smallest absolute Gasteiger partial charge is 0.354 e.